The minimum Gasteiger partial charge on any atom is -0.316 e. The van der Waals surface area contributed by atoms with E-state index in [1.807, 2.05) is 6.07 Å². The van der Waals surface area contributed by atoms with Gasteiger partial charge >= 0.3 is 0 Å². The van der Waals surface area contributed by atoms with Crippen molar-refractivity contribution in [3.8, 4) is 0 Å². The van der Waals surface area contributed by atoms with E-state index in [0.29, 0.717) is 23.7 Å². The van der Waals surface area contributed by atoms with Crippen LogP contribution >= 0.6 is 0 Å². The Morgan fingerprint density at radius 3 is 2.65 bits per heavy atom. The molecule has 8 heteroatoms. The molecular weight excluding hydrogens is 396 g/mol. The number of piperidine rings is 2. The van der Waals surface area contributed by atoms with E-state index in [2.05, 4.69) is 16.0 Å². The van der Waals surface area contributed by atoms with Gasteiger partial charge in [0.05, 0.1) is 11.1 Å². The van der Waals surface area contributed by atoms with Gasteiger partial charge in [0.15, 0.2) is 0 Å². The van der Waals surface area contributed by atoms with Crippen LogP contribution in [-0.4, -0.2) is 53.7 Å². The summed E-state index contributed by atoms with van der Waals surface area (Å²) < 4.78 is 0. The van der Waals surface area contributed by atoms with E-state index in [1.54, 1.807) is 12.1 Å². The topological polar surface area (TPSA) is 108 Å². The zero-order valence-electron chi connectivity index (χ0n) is 17.5. The first-order valence-electron chi connectivity index (χ1n) is 11.3. The molecular formula is C23H28N4O4. The number of amides is 4. The van der Waals surface area contributed by atoms with Crippen molar-refractivity contribution in [1.82, 2.24) is 20.9 Å². The van der Waals surface area contributed by atoms with Crippen molar-refractivity contribution in [2.75, 3.05) is 13.1 Å². The van der Waals surface area contributed by atoms with Gasteiger partial charge in [0.2, 0.25) is 11.8 Å². The molecule has 1 aromatic rings. The molecule has 164 valence electrons. The van der Waals surface area contributed by atoms with E-state index in [1.165, 1.54) is 19.3 Å². The third-order valence-corrected chi connectivity index (χ3v) is 7.34. The van der Waals surface area contributed by atoms with Gasteiger partial charge in [-0.15, -0.1) is 0 Å². The van der Waals surface area contributed by atoms with E-state index < -0.39 is 23.8 Å². The highest BCUT2D eigenvalue weighted by Gasteiger charge is 2.44. The van der Waals surface area contributed by atoms with Gasteiger partial charge in [0, 0.05) is 19.0 Å². The Morgan fingerprint density at radius 2 is 1.81 bits per heavy atom. The minimum absolute atomic E-state index is 0.123. The number of benzene rings is 1. The quantitative estimate of drug-likeness (QED) is 0.622. The SMILES string of the molecule is O=C1CCC(N2C(=O)c3ccc(CNC4CCC5CNCCC5C4)cc3C2=O)C(=O)N1. The van der Waals surface area contributed by atoms with Gasteiger partial charge in [0.25, 0.3) is 11.8 Å². The summed E-state index contributed by atoms with van der Waals surface area (Å²) in [6, 6.07) is 4.88. The summed E-state index contributed by atoms with van der Waals surface area (Å²) in [6.45, 7) is 2.90. The van der Waals surface area contributed by atoms with Crippen molar-refractivity contribution in [2.24, 2.45) is 11.8 Å². The molecule has 0 radical (unpaired) electrons. The summed E-state index contributed by atoms with van der Waals surface area (Å²) in [6.07, 6.45) is 5.14. The maximum atomic E-state index is 13.0. The van der Waals surface area contributed by atoms with Crippen molar-refractivity contribution < 1.29 is 19.2 Å². The molecule has 0 spiro atoms. The lowest BCUT2D eigenvalue weighted by molar-refractivity contribution is -0.136. The summed E-state index contributed by atoms with van der Waals surface area (Å²) >= 11 is 0. The first kappa shape index (κ1) is 20.3. The minimum atomic E-state index is -0.924. The largest absolute Gasteiger partial charge is 0.316 e. The lowest BCUT2D eigenvalue weighted by atomic mass is 9.73. The van der Waals surface area contributed by atoms with E-state index >= 15 is 0 Å². The van der Waals surface area contributed by atoms with Crippen LogP contribution < -0.4 is 16.0 Å². The second-order valence-corrected chi connectivity index (χ2v) is 9.23. The predicted octanol–water partition coefficient (Wildman–Crippen LogP) is 0.956. The summed E-state index contributed by atoms with van der Waals surface area (Å²) in [5.41, 5.74) is 1.63. The van der Waals surface area contributed by atoms with Crippen LogP contribution in [0.3, 0.4) is 0 Å². The highest BCUT2D eigenvalue weighted by Crippen LogP contribution is 2.34. The molecule has 5 rings (SSSR count). The molecule has 4 amide bonds. The highest BCUT2D eigenvalue weighted by atomic mass is 16.2. The van der Waals surface area contributed by atoms with Gasteiger partial charge in [0.1, 0.15) is 6.04 Å². The number of imide groups is 2. The standard InChI is InChI=1S/C23H28N4O4/c28-20-6-5-19(21(29)26-20)27-22(30)17-4-1-13(9-18(17)23(27)31)11-25-16-3-2-15-12-24-8-7-14(15)10-16/h1,4,9,14-16,19,24-25H,2-3,5-8,10-12H2,(H,26,28,29). The average molecular weight is 425 g/mol. The first-order chi connectivity index (χ1) is 15.0. The van der Waals surface area contributed by atoms with Crippen molar-refractivity contribution >= 4 is 23.6 Å². The summed E-state index contributed by atoms with van der Waals surface area (Å²) in [7, 11) is 0. The van der Waals surface area contributed by atoms with E-state index in [9.17, 15) is 19.2 Å². The van der Waals surface area contributed by atoms with E-state index in [-0.39, 0.29) is 18.7 Å². The van der Waals surface area contributed by atoms with Crippen LogP contribution in [0.1, 0.15) is 64.8 Å². The lowest BCUT2D eigenvalue weighted by Gasteiger charge is -2.40. The van der Waals surface area contributed by atoms with Gasteiger partial charge in [-0.2, -0.15) is 0 Å². The number of nitrogens with one attached hydrogen (secondary N) is 3. The van der Waals surface area contributed by atoms with Crippen molar-refractivity contribution in [1.29, 1.82) is 0 Å². The average Bonchev–Trinajstić information content (AvgIpc) is 3.02. The van der Waals surface area contributed by atoms with Crippen molar-refractivity contribution in [2.45, 2.75) is 57.2 Å². The van der Waals surface area contributed by atoms with Crippen LogP contribution in [0.4, 0.5) is 0 Å². The molecule has 0 aromatic heterocycles. The van der Waals surface area contributed by atoms with E-state index in [0.717, 1.165) is 41.8 Å². The molecule has 3 heterocycles. The Morgan fingerprint density at radius 1 is 0.968 bits per heavy atom. The smallest absolute Gasteiger partial charge is 0.262 e. The summed E-state index contributed by atoms with van der Waals surface area (Å²) in [5, 5.41) is 9.36. The predicted molar refractivity (Wildman–Crippen MR) is 112 cm³/mol. The summed E-state index contributed by atoms with van der Waals surface area (Å²) in [5.74, 6) is -0.279. The summed E-state index contributed by atoms with van der Waals surface area (Å²) in [4.78, 5) is 50.4. The van der Waals surface area contributed by atoms with Gasteiger partial charge in [-0.25, -0.2) is 0 Å². The van der Waals surface area contributed by atoms with Crippen LogP contribution in [-0.2, 0) is 16.1 Å². The molecule has 2 saturated heterocycles. The molecule has 1 saturated carbocycles. The molecule has 1 aliphatic carbocycles. The molecule has 0 bridgehead atoms. The number of carbonyl (C=O) groups excluding carboxylic acids is 4. The molecule has 3 aliphatic heterocycles. The van der Waals surface area contributed by atoms with Gasteiger partial charge in [-0.1, -0.05) is 6.07 Å². The number of rotatable bonds is 4. The zero-order chi connectivity index (χ0) is 21.5. The monoisotopic (exact) mass is 424 g/mol. The number of carbonyl (C=O) groups is 4. The van der Waals surface area contributed by atoms with Crippen LogP contribution in [0.15, 0.2) is 18.2 Å². The van der Waals surface area contributed by atoms with Crippen molar-refractivity contribution in [3.63, 3.8) is 0 Å². The molecule has 4 aliphatic rings. The Labute approximate surface area is 181 Å². The molecule has 3 N–H and O–H groups in total. The third kappa shape index (κ3) is 3.78. The fourth-order valence-corrected chi connectivity index (χ4v) is 5.60. The molecule has 1 aromatic carbocycles. The first-order valence-corrected chi connectivity index (χ1v) is 11.3. The Kier molecular flexibility index (Phi) is 5.35. The number of hydrogen-bond acceptors (Lipinski definition) is 6. The maximum Gasteiger partial charge on any atom is 0.262 e. The number of hydrogen-bond donors (Lipinski definition) is 3. The Bertz CT molecular complexity index is 946. The maximum absolute atomic E-state index is 13.0. The van der Waals surface area contributed by atoms with Gasteiger partial charge in [-0.3, -0.25) is 29.4 Å². The fraction of sp³-hybridized carbons (Fsp3) is 0.565. The van der Waals surface area contributed by atoms with Crippen LogP contribution in [0.5, 0.6) is 0 Å². The van der Waals surface area contributed by atoms with Crippen LogP contribution in [0.2, 0.25) is 0 Å². The fourth-order valence-electron chi connectivity index (χ4n) is 5.60. The molecule has 4 unspecified atom stereocenters. The van der Waals surface area contributed by atoms with Crippen LogP contribution in [0.25, 0.3) is 0 Å². The molecule has 3 fully saturated rings. The number of fused-ring (bicyclic) bond motifs is 2. The van der Waals surface area contributed by atoms with Crippen molar-refractivity contribution in [3.05, 3.63) is 34.9 Å². The highest BCUT2D eigenvalue weighted by molar-refractivity contribution is 6.23. The molecule has 8 nitrogen and oxygen atoms in total. The Hall–Kier alpha value is -2.58. The lowest BCUT2D eigenvalue weighted by Crippen LogP contribution is -2.54. The normalized spacial score (nSPS) is 30.8. The second-order valence-electron chi connectivity index (χ2n) is 9.23. The Balaban J connectivity index is 1.25. The van der Waals surface area contributed by atoms with Crippen LogP contribution in [0, 0.1) is 11.8 Å². The second kappa shape index (κ2) is 8.16. The molecule has 4 atom stereocenters. The number of nitrogens with zero attached hydrogens (tertiary/aromatic N) is 1. The van der Waals surface area contributed by atoms with E-state index in [4.69, 9.17) is 0 Å². The molecule has 31 heavy (non-hydrogen) atoms. The van der Waals surface area contributed by atoms with Gasteiger partial charge < -0.3 is 10.6 Å². The zero-order valence-corrected chi connectivity index (χ0v) is 17.5. The van der Waals surface area contributed by atoms with Gasteiger partial charge in [-0.05, 0) is 74.7 Å². The third-order valence-electron chi connectivity index (χ3n) is 7.34.